The molecule has 72 valence electrons. The molecule has 0 unspecified atom stereocenters. The van der Waals surface area contributed by atoms with Gasteiger partial charge in [0.05, 0.1) is 0 Å². The first-order valence-corrected chi connectivity index (χ1v) is 6.24. The second-order valence-electron chi connectivity index (χ2n) is 3.34. The zero-order valence-corrected chi connectivity index (χ0v) is 9.97. The van der Waals surface area contributed by atoms with Crippen molar-refractivity contribution in [1.29, 1.82) is 0 Å². The molecule has 0 spiro atoms. The third-order valence-corrected chi connectivity index (χ3v) is 4.42. The normalized spacial score (nSPS) is 10.4. The van der Waals surface area contributed by atoms with Crippen molar-refractivity contribution in [2.75, 3.05) is 0 Å². The van der Waals surface area contributed by atoms with E-state index in [0.29, 0.717) is 0 Å². The van der Waals surface area contributed by atoms with Gasteiger partial charge in [-0.25, -0.2) is 0 Å². The van der Waals surface area contributed by atoms with Gasteiger partial charge in [0, 0.05) is 15.3 Å². The lowest BCUT2D eigenvalue weighted by Gasteiger charge is -2.03. The van der Waals surface area contributed by atoms with E-state index in [1.54, 1.807) is 22.7 Å². The van der Waals surface area contributed by atoms with Crippen LogP contribution in [-0.4, -0.2) is 0 Å². The highest BCUT2D eigenvalue weighted by atomic mass is 32.1. The van der Waals surface area contributed by atoms with Crippen LogP contribution in [0.5, 0.6) is 0 Å². The van der Waals surface area contributed by atoms with E-state index in [0.717, 1.165) is 0 Å². The standard InChI is InChI=1S/C12H12S2/c1-8-4-6-13-11(8)10(3)12-9(2)5-7-14-12/h4-7H,3H2,1-2H3. The zero-order valence-electron chi connectivity index (χ0n) is 8.33. The van der Waals surface area contributed by atoms with Crippen molar-refractivity contribution in [2.24, 2.45) is 0 Å². The Balaban J connectivity index is 2.44. The molecule has 14 heavy (non-hydrogen) atoms. The summed E-state index contributed by atoms with van der Waals surface area (Å²) in [5.74, 6) is 0. The molecule has 0 aliphatic carbocycles. The Labute approximate surface area is 92.5 Å². The van der Waals surface area contributed by atoms with Gasteiger partial charge in [-0.1, -0.05) is 6.58 Å². The highest BCUT2D eigenvalue weighted by molar-refractivity contribution is 7.14. The lowest BCUT2D eigenvalue weighted by Crippen LogP contribution is -1.83. The minimum atomic E-state index is 1.17. The van der Waals surface area contributed by atoms with Crippen LogP contribution in [0.2, 0.25) is 0 Å². The molecule has 2 rings (SSSR count). The smallest absolute Gasteiger partial charge is 0.0380 e. The van der Waals surface area contributed by atoms with Crippen molar-refractivity contribution in [1.82, 2.24) is 0 Å². The van der Waals surface area contributed by atoms with Gasteiger partial charge in [-0.2, -0.15) is 0 Å². The first kappa shape index (κ1) is 9.69. The van der Waals surface area contributed by atoms with E-state index in [9.17, 15) is 0 Å². The zero-order chi connectivity index (χ0) is 10.1. The summed E-state index contributed by atoms with van der Waals surface area (Å²) in [6.45, 7) is 8.46. The third-order valence-electron chi connectivity index (χ3n) is 2.27. The Morgan fingerprint density at radius 3 is 1.71 bits per heavy atom. The van der Waals surface area contributed by atoms with Crippen molar-refractivity contribution in [3.05, 3.63) is 50.4 Å². The van der Waals surface area contributed by atoms with Gasteiger partial charge in [-0.15, -0.1) is 22.7 Å². The molecular weight excluding hydrogens is 208 g/mol. The molecule has 0 N–H and O–H groups in total. The second kappa shape index (κ2) is 3.71. The van der Waals surface area contributed by atoms with E-state index in [1.807, 2.05) is 0 Å². The minimum absolute atomic E-state index is 1.17. The Bertz CT molecular complexity index is 418. The maximum absolute atomic E-state index is 4.18. The average molecular weight is 220 g/mol. The summed E-state index contributed by atoms with van der Waals surface area (Å²) in [5, 5.41) is 4.25. The number of hydrogen-bond acceptors (Lipinski definition) is 2. The quantitative estimate of drug-likeness (QED) is 0.699. The van der Waals surface area contributed by atoms with Crippen molar-refractivity contribution in [2.45, 2.75) is 13.8 Å². The third kappa shape index (κ3) is 1.56. The van der Waals surface area contributed by atoms with Gasteiger partial charge in [-0.05, 0) is 47.9 Å². The van der Waals surface area contributed by atoms with E-state index in [4.69, 9.17) is 0 Å². The topological polar surface area (TPSA) is 0 Å². The average Bonchev–Trinajstić information content (AvgIpc) is 2.73. The molecule has 0 aromatic carbocycles. The van der Waals surface area contributed by atoms with Gasteiger partial charge in [0.1, 0.15) is 0 Å². The molecule has 2 heteroatoms. The van der Waals surface area contributed by atoms with E-state index >= 15 is 0 Å². The van der Waals surface area contributed by atoms with Crippen molar-refractivity contribution >= 4 is 28.2 Å². The summed E-state index contributed by atoms with van der Waals surface area (Å²) < 4.78 is 0. The summed E-state index contributed by atoms with van der Waals surface area (Å²) in [5.41, 5.74) is 3.82. The molecular formula is C12H12S2. The first-order valence-electron chi connectivity index (χ1n) is 4.48. The largest absolute Gasteiger partial charge is 0.144 e. The molecule has 0 bridgehead atoms. The van der Waals surface area contributed by atoms with Crippen molar-refractivity contribution < 1.29 is 0 Å². The number of aryl methyl sites for hydroxylation is 2. The van der Waals surface area contributed by atoms with Crippen molar-refractivity contribution in [3.8, 4) is 0 Å². The summed E-state index contributed by atoms with van der Waals surface area (Å²) in [4.78, 5) is 2.63. The molecule has 0 radical (unpaired) electrons. The Morgan fingerprint density at radius 1 is 1.00 bits per heavy atom. The van der Waals surface area contributed by atoms with Crippen LogP contribution in [0.25, 0.3) is 5.57 Å². The summed E-state index contributed by atoms with van der Waals surface area (Å²) >= 11 is 3.54. The molecule has 0 amide bonds. The van der Waals surface area contributed by atoms with Crippen LogP contribution in [0.1, 0.15) is 20.9 Å². The fraction of sp³-hybridized carbons (Fsp3) is 0.167. The summed E-state index contributed by atoms with van der Waals surface area (Å²) in [6.07, 6.45) is 0. The van der Waals surface area contributed by atoms with Gasteiger partial charge in [0.25, 0.3) is 0 Å². The Kier molecular flexibility index (Phi) is 2.57. The molecule has 2 aromatic heterocycles. The van der Waals surface area contributed by atoms with Crippen LogP contribution in [-0.2, 0) is 0 Å². The fourth-order valence-electron chi connectivity index (χ4n) is 1.47. The SMILES string of the molecule is C=C(c1sccc1C)c1sccc1C. The molecule has 0 saturated heterocycles. The van der Waals surface area contributed by atoms with E-state index in [2.05, 4.69) is 43.3 Å². The first-order chi connectivity index (χ1) is 6.70. The van der Waals surface area contributed by atoms with Gasteiger partial charge >= 0.3 is 0 Å². The highest BCUT2D eigenvalue weighted by Gasteiger charge is 2.09. The highest BCUT2D eigenvalue weighted by Crippen LogP contribution is 2.33. The number of hydrogen-bond donors (Lipinski definition) is 0. The van der Waals surface area contributed by atoms with Gasteiger partial charge in [0.2, 0.25) is 0 Å². The van der Waals surface area contributed by atoms with Crippen LogP contribution in [0.3, 0.4) is 0 Å². The Morgan fingerprint density at radius 2 is 1.43 bits per heavy atom. The Hall–Kier alpha value is -0.860. The minimum Gasteiger partial charge on any atom is -0.144 e. The summed E-state index contributed by atoms with van der Waals surface area (Å²) in [7, 11) is 0. The number of thiophene rings is 2. The van der Waals surface area contributed by atoms with Crippen molar-refractivity contribution in [3.63, 3.8) is 0 Å². The maximum Gasteiger partial charge on any atom is 0.0380 e. The predicted octanol–water partition coefficient (Wildman–Crippen LogP) is 4.49. The van der Waals surface area contributed by atoms with Crippen LogP contribution in [0.15, 0.2) is 29.5 Å². The molecule has 2 aromatic rings. The monoisotopic (exact) mass is 220 g/mol. The molecule has 0 fully saturated rings. The van der Waals surface area contributed by atoms with Crippen LogP contribution in [0.4, 0.5) is 0 Å². The lowest BCUT2D eigenvalue weighted by molar-refractivity contribution is 1.49. The molecule has 0 aliphatic rings. The summed E-state index contributed by atoms with van der Waals surface area (Å²) in [6, 6.07) is 4.29. The predicted molar refractivity (Wildman–Crippen MR) is 66.2 cm³/mol. The molecule has 2 heterocycles. The number of rotatable bonds is 2. The molecule has 0 nitrogen and oxygen atoms in total. The van der Waals surface area contributed by atoms with E-state index in [-0.39, 0.29) is 0 Å². The van der Waals surface area contributed by atoms with Gasteiger partial charge in [0.15, 0.2) is 0 Å². The van der Waals surface area contributed by atoms with Crippen LogP contribution >= 0.6 is 22.7 Å². The lowest BCUT2D eigenvalue weighted by atomic mass is 10.1. The molecule has 0 saturated carbocycles. The molecule has 0 aliphatic heterocycles. The van der Waals surface area contributed by atoms with Gasteiger partial charge < -0.3 is 0 Å². The van der Waals surface area contributed by atoms with Gasteiger partial charge in [-0.3, -0.25) is 0 Å². The van der Waals surface area contributed by atoms with E-state index < -0.39 is 0 Å². The van der Waals surface area contributed by atoms with Crippen LogP contribution < -0.4 is 0 Å². The van der Waals surface area contributed by atoms with E-state index in [1.165, 1.54) is 26.5 Å². The second-order valence-corrected chi connectivity index (χ2v) is 5.18. The maximum atomic E-state index is 4.18. The fourth-order valence-corrected chi connectivity index (χ4v) is 3.34. The van der Waals surface area contributed by atoms with Crippen LogP contribution in [0, 0.1) is 13.8 Å². The molecule has 0 atom stereocenters.